The Morgan fingerprint density at radius 2 is 1.95 bits per heavy atom. The molecule has 4 heteroatoms. The molecule has 4 nitrogen and oxygen atoms in total. The summed E-state index contributed by atoms with van der Waals surface area (Å²) < 4.78 is 0. The quantitative estimate of drug-likeness (QED) is 0.850. The summed E-state index contributed by atoms with van der Waals surface area (Å²) in [6, 6.07) is 0.185. The molecular weight excluding hydrogens is 240 g/mol. The summed E-state index contributed by atoms with van der Waals surface area (Å²) in [4.78, 5) is 26.3. The van der Waals surface area contributed by atoms with Gasteiger partial charge in [0, 0.05) is 6.04 Å². The van der Waals surface area contributed by atoms with Crippen LogP contribution in [0.4, 0.5) is 0 Å². The van der Waals surface area contributed by atoms with Crippen LogP contribution in [0.25, 0.3) is 0 Å². The zero-order valence-electron chi connectivity index (χ0n) is 12.4. The average Bonchev–Trinajstić information content (AvgIpc) is 2.43. The second kappa shape index (κ2) is 5.51. The summed E-state index contributed by atoms with van der Waals surface area (Å²) in [6.45, 7) is 6.13. The number of hydrogen-bond donors (Lipinski definition) is 1. The molecule has 1 aliphatic heterocycles. The highest BCUT2D eigenvalue weighted by Crippen LogP contribution is 2.31. The molecule has 1 saturated heterocycles. The van der Waals surface area contributed by atoms with Crippen LogP contribution in [0.1, 0.15) is 59.3 Å². The molecule has 0 aromatic rings. The van der Waals surface area contributed by atoms with Gasteiger partial charge in [0.15, 0.2) is 0 Å². The van der Waals surface area contributed by atoms with Crippen molar-refractivity contribution in [2.45, 2.75) is 70.9 Å². The van der Waals surface area contributed by atoms with Gasteiger partial charge in [-0.15, -0.1) is 0 Å². The number of carbonyl (C=O) groups excluding carboxylic acids is 2. The molecular formula is C15H26N2O2. The van der Waals surface area contributed by atoms with Gasteiger partial charge in [-0.3, -0.25) is 9.59 Å². The molecule has 2 unspecified atom stereocenters. The average molecular weight is 266 g/mol. The second-order valence-corrected chi connectivity index (χ2v) is 6.31. The number of piperazine rings is 1. The first-order valence-corrected chi connectivity index (χ1v) is 7.60. The zero-order valence-corrected chi connectivity index (χ0v) is 12.4. The zero-order chi connectivity index (χ0) is 14.0. The van der Waals surface area contributed by atoms with Gasteiger partial charge in [0.25, 0.3) is 0 Å². The molecule has 1 saturated carbocycles. The van der Waals surface area contributed by atoms with Gasteiger partial charge < -0.3 is 10.2 Å². The van der Waals surface area contributed by atoms with Crippen molar-refractivity contribution in [1.82, 2.24) is 10.2 Å². The monoisotopic (exact) mass is 266 g/mol. The molecule has 0 aromatic carbocycles. The third-order valence-electron chi connectivity index (χ3n) is 4.99. The molecule has 0 spiro atoms. The van der Waals surface area contributed by atoms with Gasteiger partial charge in [0.2, 0.25) is 11.8 Å². The van der Waals surface area contributed by atoms with Gasteiger partial charge >= 0.3 is 0 Å². The molecule has 2 fully saturated rings. The van der Waals surface area contributed by atoms with E-state index in [4.69, 9.17) is 0 Å². The summed E-state index contributed by atoms with van der Waals surface area (Å²) in [5.41, 5.74) is -0.710. The molecule has 2 rings (SSSR count). The van der Waals surface area contributed by atoms with Gasteiger partial charge in [-0.1, -0.05) is 26.2 Å². The van der Waals surface area contributed by atoms with Crippen molar-refractivity contribution in [3.63, 3.8) is 0 Å². The van der Waals surface area contributed by atoms with Crippen LogP contribution in [0.5, 0.6) is 0 Å². The van der Waals surface area contributed by atoms with E-state index in [2.05, 4.69) is 12.2 Å². The lowest BCUT2D eigenvalue weighted by Crippen LogP contribution is -2.67. The molecule has 0 aromatic heterocycles. The van der Waals surface area contributed by atoms with Crippen molar-refractivity contribution in [1.29, 1.82) is 0 Å². The second-order valence-electron chi connectivity index (χ2n) is 6.31. The Bertz CT molecular complexity index is 363. The van der Waals surface area contributed by atoms with Crippen molar-refractivity contribution in [2.75, 3.05) is 6.54 Å². The van der Waals surface area contributed by atoms with Crippen LogP contribution in [0.3, 0.4) is 0 Å². The summed E-state index contributed by atoms with van der Waals surface area (Å²) in [5.74, 6) is 0.629. The lowest BCUT2D eigenvalue weighted by atomic mass is 9.82. The number of carbonyl (C=O) groups is 2. The standard InChI is InChI=1S/C15H26N2O2/c1-4-15(3)14(19)17(10-13(18)16-15)11(2)12-8-6-5-7-9-12/h11-12H,4-10H2,1-3H3,(H,16,18). The van der Waals surface area contributed by atoms with Gasteiger partial charge in [-0.25, -0.2) is 0 Å². The fourth-order valence-electron chi connectivity index (χ4n) is 3.38. The van der Waals surface area contributed by atoms with Crippen LogP contribution in [0, 0.1) is 5.92 Å². The van der Waals surface area contributed by atoms with Crippen molar-refractivity contribution < 1.29 is 9.59 Å². The van der Waals surface area contributed by atoms with Gasteiger partial charge in [-0.2, -0.15) is 0 Å². The van der Waals surface area contributed by atoms with E-state index in [1.54, 1.807) is 0 Å². The molecule has 0 radical (unpaired) electrons. The highest BCUT2D eigenvalue weighted by molar-refractivity contribution is 5.97. The summed E-state index contributed by atoms with van der Waals surface area (Å²) in [6.07, 6.45) is 6.85. The van der Waals surface area contributed by atoms with E-state index in [0.29, 0.717) is 12.3 Å². The number of nitrogens with zero attached hydrogens (tertiary/aromatic N) is 1. The first-order valence-electron chi connectivity index (χ1n) is 7.60. The Morgan fingerprint density at radius 3 is 2.53 bits per heavy atom. The Hall–Kier alpha value is -1.06. The molecule has 1 heterocycles. The Balaban J connectivity index is 2.13. The van der Waals surface area contributed by atoms with Crippen molar-refractivity contribution >= 4 is 11.8 Å². The van der Waals surface area contributed by atoms with Crippen LogP contribution in [0.15, 0.2) is 0 Å². The fraction of sp³-hybridized carbons (Fsp3) is 0.867. The number of hydrogen-bond acceptors (Lipinski definition) is 2. The normalized spacial score (nSPS) is 31.2. The molecule has 1 aliphatic carbocycles. The molecule has 19 heavy (non-hydrogen) atoms. The van der Waals surface area contributed by atoms with Gasteiger partial charge in [0.1, 0.15) is 5.54 Å². The Kier molecular flexibility index (Phi) is 4.16. The van der Waals surface area contributed by atoms with E-state index in [-0.39, 0.29) is 24.4 Å². The van der Waals surface area contributed by atoms with E-state index < -0.39 is 5.54 Å². The van der Waals surface area contributed by atoms with E-state index in [9.17, 15) is 9.59 Å². The van der Waals surface area contributed by atoms with Crippen LogP contribution in [-0.2, 0) is 9.59 Å². The molecule has 108 valence electrons. The maximum Gasteiger partial charge on any atom is 0.248 e. The topological polar surface area (TPSA) is 49.4 Å². The highest BCUT2D eigenvalue weighted by Gasteiger charge is 2.44. The first-order chi connectivity index (χ1) is 8.98. The Morgan fingerprint density at radius 1 is 1.32 bits per heavy atom. The van der Waals surface area contributed by atoms with E-state index in [1.165, 1.54) is 32.1 Å². The molecule has 2 amide bonds. The van der Waals surface area contributed by atoms with E-state index >= 15 is 0 Å². The summed E-state index contributed by atoms with van der Waals surface area (Å²) >= 11 is 0. The minimum atomic E-state index is -0.710. The maximum atomic E-state index is 12.6. The van der Waals surface area contributed by atoms with Gasteiger partial charge in [0.05, 0.1) is 6.54 Å². The molecule has 2 aliphatic rings. The predicted molar refractivity (Wildman–Crippen MR) is 74.6 cm³/mol. The summed E-state index contributed by atoms with van der Waals surface area (Å²) in [7, 11) is 0. The molecule has 2 atom stereocenters. The minimum absolute atomic E-state index is 0.0217. The van der Waals surface area contributed by atoms with E-state index in [0.717, 1.165) is 0 Å². The highest BCUT2D eigenvalue weighted by atomic mass is 16.2. The van der Waals surface area contributed by atoms with Crippen LogP contribution < -0.4 is 5.32 Å². The van der Waals surface area contributed by atoms with Crippen molar-refractivity contribution in [3.05, 3.63) is 0 Å². The third kappa shape index (κ3) is 2.77. The number of amides is 2. The van der Waals surface area contributed by atoms with Crippen molar-refractivity contribution in [3.8, 4) is 0 Å². The molecule has 1 N–H and O–H groups in total. The third-order valence-corrected chi connectivity index (χ3v) is 4.99. The van der Waals surface area contributed by atoms with Crippen LogP contribution >= 0.6 is 0 Å². The van der Waals surface area contributed by atoms with Crippen LogP contribution in [-0.4, -0.2) is 34.8 Å². The number of nitrogens with one attached hydrogen (secondary N) is 1. The first kappa shape index (κ1) is 14.4. The largest absolute Gasteiger partial charge is 0.340 e. The predicted octanol–water partition coefficient (Wildman–Crippen LogP) is 2.08. The molecule has 0 bridgehead atoms. The smallest absolute Gasteiger partial charge is 0.248 e. The van der Waals surface area contributed by atoms with E-state index in [1.807, 2.05) is 18.7 Å². The Labute approximate surface area is 115 Å². The lowest BCUT2D eigenvalue weighted by molar-refractivity contribution is -0.152. The maximum absolute atomic E-state index is 12.6. The van der Waals surface area contributed by atoms with Crippen molar-refractivity contribution in [2.24, 2.45) is 5.92 Å². The van der Waals surface area contributed by atoms with Gasteiger partial charge in [-0.05, 0) is 39.0 Å². The summed E-state index contributed by atoms with van der Waals surface area (Å²) in [5, 5.41) is 2.85. The lowest BCUT2D eigenvalue weighted by Gasteiger charge is -2.44. The SMILES string of the molecule is CCC1(C)NC(=O)CN(C(C)C2CCCCC2)C1=O. The van der Waals surface area contributed by atoms with Crippen LogP contribution in [0.2, 0.25) is 0 Å². The minimum Gasteiger partial charge on any atom is -0.340 e. The number of rotatable bonds is 3. The fourth-order valence-corrected chi connectivity index (χ4v) is 3.38.